The fourth-order valence-corrected chi connectivity index (χ4v) is 3.07. The number of halogens is 1. The summed E-state index contributed by atoms with van der Waals surface area (Å²) in [7, 11) is 2.14. The second-order valence-corrected chi connectivity index (χ2v) is 5.86. The van der Waals surface area contributed by atoms with E-state index < -0.39 is 0 Å². The van der Waals surface area contributed by atoms with Crippen LogP contribution in [-0.4, -0.2) is 36.6 Å². The van der Waals surface area contributed by atoms with Crippen LogP contribution in [0.5, 0.6) is 0 Å². The molecule has 1 aromatic carbocycles. The van der Waals surface area contributed by atoms with Crippen LogP contribution in [0.1, 0.15) is 11.6 Å². The zero-order chi connectivity index (χ0) is 14.8. The predicted octanol–water partition coefficient (Wildman–Crippen LogP) is 2.81. The average Bonchev–Trinajstić information content (AvgIpc) is 2.49. The SMILES string of the molecule is CN1CCN(c2ncc(N)cc2Cl)C(c2ccccc2)C1. The Morgan fingerprint density at radius 1 is 1.24 bits per heavy atom. The van der Waals surface area contributed by atoms with Gasteiger partial charge in [-0.05, 0) is 18.7 Å². The van der Waals surface area contributed by atoms with Gasteiger partial charge in [0.1, 0.15) is 5.82 Å². The lowest BCUT2D eigenvalue weighted by molar-refractivity contribution is 0.268. The van der Waals surface area contributed by atoms with Gasteiger partial charge in [-0.25, -0.2) is 4.98 Å². The quantitative estimate of drug-likeness (QED) is 0.926. The Kier molecular flexibility index (Phi) is 3.99. The van der Waals surface area contributed by atoms with Gasteiger partial charge in [-0.3, -0.25) is 0 Å². The minimum absolute atomic E-state index is 0.249. The highest BCUT2D eigenvalue weighted by atomic mass is 35.5. The number of hydrogen-bond acceptors (Lipinski definition) is 4. The van der Waals surface area contributed by atoms with E-state index in [1.807, 2.05) is 6.07 Å². The van der Waals surface area contributed by atoms with Crippen LogP contribution in [-0.2, 0) is 0 Å². The number of pyridine rings is 1. The standard InChI is InChI=1S/C16H19ClN4/c1-20-7-8-21(16-14(17)9-13(18)10-19-16)15(11-20)12-5-3-2-4-6-12/h2-6,9-10,15H,7-8,11,18H2,1H3. The summed E-state index contributed by atoms with van der Waals surface area (Å²) in [6, 6.07) is 12.5. The summed E-state index contributed by atoms with van der Waals surface area (Å²) in [5, 5.41) is 0.612. The predicted molar refractivity (Wildman–Crippen MR) is 87.7 cm³/mol. The van der Waals surface area contributed by atoms with E-state index in [1.54, 1.807) is 12.3 Å². The third kappa shape index (κ3) is 2.96. The van der Waals surface area contributed by atoms with Gasteiger partial charge in [-0.2, -0.15) is 0 Å². The molecular weight excluding hydrogens is 284 g/mol. The van der Waals surface area contributed by atoms with Crippen molar-refractivity contribution in [2.75, 3.05) is 37.3 Å². The molecule has 1 atom stereocenters. The van der Waals surface area contributed by atoms with Gasteiger partial charge in [0, 0.05) is 19.6 Å². The van der Waals surface area contributed by atoms with E-state index >= 15 is 0 Å². The van der Waals surface area contributed by atoms with Crippen LogP contribution in [0.25, 0.3) is 0 Å². The molecule has 21 heavy (non-hydrogen) atoms. The second kappa shape index (κ2) is 5.92. The third-order valence-corrected chi connectivity index (χ3v) is 4.16. The van der Waals surface area contributed by atoms with Crippen molar-refractivity contribution in [1.29, 1.82) is 0 Å². The van der Waals surface area contributed by atoms with Gasteiger partial charge in [0.2, 0.25) is 0 Å². The smallest absolute Gasteiger partial charge is 0.148 e. The Morgan fingerprint density at radius 3 is 2.71 bits per heavy atom. The fourth-order valence-electron chi connectivity index (χ4n) is 2.79. The van der Waals surface area contributed by atoms with Crippen LogP contribution in [0, 0.1) is 0 Å². The Labute approximate surface area is 130 Å². The number of benzene rings is 1. The number of anilines is 2. The Bertz CT molecular complexity index is 617. The van der Waals surface area contributed by atoms with Gasteiger partial charge in [0.25, 0.3) is 0 Å². The van der Waals surface area contributed by atoms with Crippen LogP contribution < -0.4 is 10.6 Å². The molecule has 0 aliphatic carbocycles. The van der Waals surface area contributed by atoms with Crippen molar-refractivity contribution in [3.63, 3.8) is 0 Å². The van der Waals surface area contributed by atoms with Crippen LogP contribution in [0.15, 0.2) is 42.6 Å². The summed E-state index contributed by atoms with van der Waals surface area (Å²) >= 11 is 6.35. The van der Waals surface area contributed by atoms with Crippen LogP contribution in [0.3, 0.4) is 0 Å². The van der Waals surface area contributed by atoms with E-state index in [9.17, 15) is 0 Å². The lowest BCUT2D eigenvalue weighted by Crippen LogP contribution is -2.47. The van der Waals surface area contributed by atoms with Gasteiger partial charge in [0.15, 0.2) is 0 Å². The van der Waals surface area contributed by atoms with Crippen molar-refractivity contribution in [1.82, 2.24) is 9.88 Å². The lowest BCUT2D eigenvalue weighted by atomic mass is 10.0. The molecule has 0 amide bonds. The zero-order valence-corrected chi connectivity index (χ0v) is 12.8. The number of aromatic nitrogens is 1. The molecule has 0 radical (unpaired) electrons. The lowest BCUT2D eigenvalue weighted by Gasteiger charge is -2.41. The van der Waals surface area contributed by atoms with Crippen LogP contribution >= 0.6 is 11.6 Å². The van der Waals surface area contributed by atoms with Gasteiger partial charge >= 0.3 is 0 Å². The van der Waals surface area contributed by atoms with Gasteiger partial charge < -0.3 is 15.5 Å². The van der Waals surface area contributed by atoms with Crippen molar-refractivity contribution in [3.05, 3.63) is 53.2 Å². The molecule has 2 aromatic rings. The molecule has 1 aromatic heterocycles. The molecule has 1 aliphatic rings. The van der Waals surface area contributed by atoms with E-state index in [-0.39, 0.29) is 6.04 Å². The number of likely N-dealkylation sites (N-methyl/N-ethyl adjacent to an activating group) is 1. The maximum atomic E-state index is 6.35. The first-order valence-corrected chi connectivity index (χ1v) is 7.44. The second-order valence-electron chi connectivity index (χ2n) is 5.46. The van der Waals surface area contributed by atoms with Crippen LogP contribution in [0.4, 0.5) is 11.5 Å². The van der Waals surface area contributed by atoms with E-state index in [4.69, 9.17) is 17.3 Å². The highest BCUT2D eigenvalue weighted by molar-refractivity contribution is 6.33. The average molecular weight is 303 g/mol. The summed E-state index contributed by atoms with van der Waals surface area (Å²) in [6.07, 6.45) is 1.67. The highest BCUT2D eigenvalue weighted by Gasteiger charge is 2.28. The van der Waals surface area contributed by atoms with E-state index in [1.165, 1.54) is 5.56 Å². The Hall–Kier alpha value is -1.78. The number of rotatable bonds is 2. The van der Waals surface area contributed by atoms with Crippen molar-refractivity contribution in [2.45, 2.75) is 6.04 Å². The summed E-state index contributed by atoms with van der Waals surface area (Å²) in [6.45, 7) is 2.84. The minimum atomic E-state index is 0.249. The Balaban J connectivity index is 1.98. The molecule has 1 aliphatic heterocycles. The molecule has 2 N–H and O–H groups in total. The molecule has 1 saturated heterocycles. The molecule has 0 bridgehead atoms. The molecule has 1 unspecified atom stereocenters. The van der Waals surface area contributed by atoms with Gasteiger partial charge in [-0.1, -0.05) is 41.9 Å². The van der Waals surface area contributed by atoms with E-state index in [2.05, 4.69) is 46.1 Å². The first-order valence-electron chi connectivity index (χ1n) is 7.06. The largest absolute Gasteiger partial charge is 0.397 e. The van der Waals surface area contributed by atoms with Gasteiger partial charge in [0.05, 0.1) is 22.9 Å². The fraction of sp³-hybridized carbons (Fsp3) is 0.312. The summed E-state index contributed by atoms with van der Waals surface area (Å²) in [5.41, 5.74) is 7.62. The summed E-state index contributed by atoms with van der Waals surface area (Å²) in [4.78, 5) is 9.06. The topological polar surface area (TPSA) is 45.4 Å². The number of nitrogens with two attached hydrogens (primary N) is 1. The zero-order valence-electron chi connectivity index (χ0n) is 12.0. The number of hydrogen-bond donors (Lipinski definition) is 1. The first kappa shape index (κ1) is 14.2. The third-order valence-electron chi connectivity index (χ3n) is 3.88. The van der Waals surface area contributed by atoms with Gasteiger partial charge in [-0.15, -0.1) is 0 Å². The molecule has 0 spiro atoms. The number of piperazine rings is 1. The molecule has 2 heterocycles. The first-order chi connectivity index (χ1) is 10.1. The highest BCUT2D eigenvalue weighted by Crippen LogP contribution is 2.33. The molecule has 0 saturated carbocycles. The summed E-state index contributed by atoms with van der Waals surface area (Å²) < 4.78 is 0. The maximum Gasteiger partial charge on any atom is 0.148 e. The monoisotopic (exact) mass is 302 g/mol. The normalized spacial score (nSPS) is 19.7. The Morgan fingerprint density at radius 2 is 2.00 bits per heavy atom. The molecule has 3 rings (SSSR count). The maximum absolute atomic E-state index is 6.35. The van der Waals surface area contributed by atoms with E-state index in [0.717, 1.165) is 25.5 Å². The molecule has 4 nitrogen and oxygen atoms in total. The number of nitrogens with zero attached hydrogens (tertiary/aromatic N) is 3. The molecule has 110 valence electrons. The summed E-state index contributed by atoms with van der Waals surface area (Å²) in [5.74, 6) is 0.813. The van der Waals surface area contributed by atoms with Crippen LogP contribution in [0.2, 0.25) is 5.02 Å². The minimum Gasteiger partial charge on any atom is -0.397 e. The van der Waals surface area contributed by atoms with Crippen molar-refractivity contribution in [3.8, 4) is 0 Å². The molecule has 5 heteroatoms. The molecule has 1 fully saturated rings. The van der Waals surface area contributed by atoms with Crippen molar-refractivity contribution >= 4 is 23.1 Å². The van der Waals surface area contributed by atoms with Crippen molar-refractivity contribution in [2.24, 2.45) is 0 Å². The van der Waals surface area contributed by atoms with Crippen molar-refractivity contribution < 1.29 is 0 Å². The van der Waals surface area contributed by atoms with E-state index in [0.29, 0.717) is 10.7 Å². The number of nitrogen functional groups attached to an aromatic ring is 1. The molecular formula is C16H19ClN4.